The van der Waals surface area contributed by atoms with Gasteiger partial charge in [0.15, 0.2) is 4.88 Å². The molecule has 0 saturated heterocycles. The molecular formula is C7H6N2O2S. The molecule has 0 unspecified atom stereocenters. The number of carbonyl (C=O) groups is 1. The summed E-state index contributed by atoms with van der Waals surface area (Å²) in [6, 6.07) is 1.91. The molecule has 1 aromatic rings. The average Bonchev–Trinajstić information content (AvgIpc) is 2.45. The molecule has 0 saturated carbocycles. The van der Waals surface area contributed by atoms with Gasteiger partial charge in [0, 0.05) is 0 Å². The van der Waals surface area contributed by atoms with Crippen LogP contribution in [-0.2, 0) is 4.74 Å². The predicted molar refractivity (Wildman–Crippen MR) is 42.9 cm³/mol. The van der Waals surface area contributed by atoms with Crippen molar-refractivity contribution >= 4 is 17.5 Å². The first-order valence-corrected chi connectivity index (χ1v) is 3.92. The van der Waals surface area contributed by atoms with Crippen LogP contribution in [0, 0.1) is 18.3 Å². The Balaban J connectivity index is 3.18. The van der Waals surface area contributed by atoms with Crippen molar-refractivity contribution in [3.8, 4) is 6.07 Å². The van der Waals surface area contributed by atoms with E-state index in [9.17, 15) is 4.79 Å². The SMILES string of the molecule is COC(=O)c1snc(C)c1C#N. The molecule has 0 bridgehead atoms. The summed E-state index contributed by atoms with van der Waals surface area (Å²) in [6.45, 7) is 1.68. The molecule has 62 valence electrons. The van der Waals surface area contributed by atoms with Crippen molar-refractivity contribution in [1.29, 1.82) is 5.26 Å². The molecule has 0 aromatic carbocycles. The van der Waals surface area contributed by atoms with Crippen LogP contribution in [0.4, 0.5) is 0 Å². The minimum absolute atomic E-state index is 0.275. The number of hydrogen-bond acceptors (Lipinski definition) is 5. The minimum Gasteiger partial charge on any atom is -0.465 e. The zero-order valence-electron chi connectivity index (χ0n) is 6.62. The van der Waals surface area contributed by atoms with Gasteiger partial charge in [-0.1, -0.05) is 0 Å². The van der Waals surface area contributed by atoms with Crippen LogP contribution < -0.4 is 0 Å². The van der Waals surface area contributed by atoms with Gasteiger partial charge in [-0.05, 0) is 18.5 Å². The van der Waals surface area contributed by atoms with E-state index >= 15 is 0 Å². The topological polar surface area (TPSA) is 63.0 Å². The summed E-state index contributed by atoms with van der Waals surface area (Å²) >= 11 is 0.986. The first kappa shape index (κ1) is 8.68. The van der Waals surface area contributed by atoms with E-state index in [-0.39, 0.29) is 4.88 Å². The summed E-state index contributed by atoms with van der Waals surface area (Å²) in [6.07, 6.45) is 0. The smallest absolute Gasteiger partial charge is 0.351 e. The Kier molecular flexibility index (Phi) is 2.41. The second kappa shape index (κ2) is 3.32. The molecule has 5 heteroatoms. The second-order valence-electron chi connectivity index (χ2n) is 2.08. The Morgan fingerprint density at radius 2 is 2.42 bits per heavy atom. The fourth-order valence-corrected chi connectivity index (χ4v) is 1.50. The van der Waals surface area contributed by atoms with Gasteiger partial charge < -0.3 is 4.74 Å². The van der Waals surface area contributed by atoms with Crippen molar-refractivity contribution in [2.45, 2.75) is 6.92 Å². The summed E-state index contributed by atoms with van der Waals surface area (Å²) < 4.78 is 8.35. The summed E-state index contributed by atoms with van der Waals surface area (Å²) in [4.78, 5) is 11.3. The minimum atomic E-state index is -0.503. The van der Waals surface area contributed by atoms with E-state index in [1.165, 1.54) is 7.11 Å². The molecule has 0 N–H and O–H groups in total. The highest BCUT2D eigenvalue weighted by atomic mass is 32.1. The van der Waals surface area contributed by atoms with Gasteiger partial charge in [0.1, 0.15) is 11.6 Å². The van der Waals surface area contributed by atoms with Crippen LogP contribution in [-0.4, -0.2) is 17.5 Å². The molecule has 1 heterocycles. The predicted octanol–water partition coefficient (Wildman–Crippen LogP) is 1.11. The standard InChI is InChI=1S/C7H6N2O2S/c1-4-5(3-8)6(12-9-4)7(10)11-2/h1-2H3. The monoisotopic (exact) mass is 182 g/mol. The highest BCUT2D eigenvalue weighted by molar-refractivity contribution is 7.08. The summed E-state index contributed by atoms with van der Waals surface area (Å²) in [7, 11) is 1.28. The van der Waals surface area contributed by atoms with E-state index in [1.807, 2.05) is 6.07 Å². The lowest BCUT2D eigenvalue weighted by Crippen LogP contribution is -2.00. The molecule has 12 heavy (non-hydrogen) atoms. The molecule has 0 amide bonds. The quantitative estimate of drug-likeness (QED) is 0.610. The van der Waals surface area contributed by atoms with E-state index in [0.29, 0.717) is 11.3 Å². The zero-order chi connectivity index (χ0) is 9.14. The molecule has 0 aliphatic rings. The van der Waals surface area contributed by atoms with Gasteiger partial charge in [-0.2, -0.15) is 9.64 Å². The normalized spacial score (nSPS) is 9.08. The van der Waals surface area contributed by atoms with Crippen LogP contribution in [0.2, 0.25) is 0 Å². The van der Waals surface area contributed by atoms with Crippen LogP contribution in [0.3, 0.4) is 0 Å². The number of methoxy groups -OCH3 is 1. The van der Waals surface area contributed by atoms with Crippen molar-refractivity contribution in [3.05, 3.63) is 16.1 Å². The highest BCUT2D eigenvalue weighted by Gasteiger charge is 2.17. The van der Waals surface area contributed by atoms with E-state index in [0.717, 1.165) is 11.5 Å². The second-order valence-corrected chi connectivity index (χ2v) is 2.85. The zero-order valence-corrected chi connectivity index (χ0v) is 7.44. The Morgan fingerprint density at radius 3 is 2.92 bits per heavy atom. The lowest BCUT2D eigenvalue weighted by Gasteiger charge is -1.92. The van der Waals surface area contributed by atoms with E-state index < -0.39 is 5.97 Å². The Morgan fingerprint density at radius 1 is 1.75 bits per heavy atom. The number of nitriles is 1. The average molecular weight is 182 g/mol. The first-order valence-electron chi connectivity index (χ1n) is 3.15. The fraction of sp³-hybridized carbons (Fsp3) is 0.286. The van der Waals surface area contributed by atoms with E-state index in [4.69, 9.17) is 5.26 Å². The molecule has 1 aromatic heterocycles. The van der Waals surface area contributed by atoms with Crippen molar-refractivity contribution in [2.24, 2.45) is 0 Å². The molecule has 0 atom stereocenters. The number of aromatic nitrogens is 1. The molecule has 4 nitrogen and oxygen atoms in total. The third kappa shape index (κ3) is 1.29. The maximum Gasteiger partial charge on any atom is 0.351 e. The summed E-state index contributed by atoms with van der Waals surface area (Å²) in [5.41, 5.74) is 0.884. The van der Waals surface area contributed by atoms with Gasteiger partial charge in [-0.15, -0.1) is 0 Å². The molecule has 0 spiro atoms. The number of carbonyl (C=O) groups excluding carboxylic acids is 1. The molecule has 1 rings (SSSR count). The van der Waals surface area contributed by atoms with Crippen LogP contribution in [0.1, 0.15) is 20.9 Å². The Hall–Kier alpha value is -1.41. The van der Waals surface area contributed by atoms with Crippen molar-refractivity contribution < 1.29 is 9.53 Å². The maximum atomic E-state index is 11.0. The number of hydrogen-bond donors (Lipinski definition) is 0. The van der Waals surface area contributed by atoms with Crippen LogP contribution in [0.15, 0.2) is 0 Å². The lowest BCUT2D eigenvalue weighted by molar-refractivity contribution is 0.0606. The van der Waals surface area contributed by atoms with E-state index in [1.54, 1.807) is 6.92 Å². The summed E-state index contributed by atoms with van der Waals surface area (Å²) in [5.74, 6) is -0.503. The molecule has 0 aliphatic carbocycles. The van der Waals surface area contributed by atoms with Gasteiger partial charge in [-0.3, -0.25) is 0 Å². The van der Waals surface area contributed by atoms with Gasteiger partial charge >= 0.3 is 5.97 Å². The molecule has 0 aliphatic heterocycles. The van der Waals surface area contributed by atoms with Crippen molar-refractivity contribution in [3.63, 3.8) is 0 Å². The molecular weight excluding hydrogens is 176 g/mol. The van der Waals surface area contributed by atoms with Crippen LogP contribution >= 0.6 is 11.5 Å². The third-order valence-corrected chi connectivity index (χ3v) is 2.26. The maximum absolute atomic E-state index is 11.0. The highest BCUT2D eigenvalue weighted by Crippen LogP contribution is 2.17. The fourth-order valence-electron chi connectivity index (χ4n) is 0.733. The van der Waals surface area contributed by atoms with Gasteiger partial charge in [0.25, 0.3) is 0 Å². The van der Waals surface area contributed by atoms with Gasteiger partial charge in [0.05, 0.1) is 12.8 Å². The van der Waals surface area contributed by atoms with Crippen molar-refractivity contribution in [1.82, 2.24) is 4.37 Å². The van der Waals surface area contributed by atoms with E-state index in [2.05, 4.69) is 9.11 Å². The van der Waals surface area contributed by atoms with Gasteiger partial charge in [-0.25, -0.2) is 4.79 Å². The molecule has 0 fully saturated rings. The molecule has 0 radical (unpaired) electrons. The van der Waals surface area contributed by atoms with Crippen LogP contribution in [0.5, 0.6) is 0 Å². The number of rotatable bonds is 1. The third-order valence-electron chi connectivity index (χ3n) is 1.35. The van der Waals surface area contributed by atoms with Crippen LogP contribution in [0.25, 0.3) is 0 Å². The summed E-state index contributed by atoms with van der Waals surface area (Å²) in [5, 5.41) is 8.64. The number of ether oxygens (including phenoxy) is 1. The lowest BCUT2D eigenvalue weighted by atomic mass is 10.2. The number of nitrogens with zero attached hydrogens (tertiary/aromatic N) is 2. The number of aryl methyl sites for hydroxylation is 1. The van der Waals surface area contributed by atoms with Crippen molar-refractivity contribution in [2.75, 3.05) is 7.11 Å². The largest absolute Gasteiger partial charge is 0.465 e. The Labute approximate surface area is 73.6 Å². The number of esters is 1. The van der Waals surface area contributed by atoms with Gasteiger partial charge in [0.2, 0.25) is 0 Å². The Bertz CT molecular complexity index is 351. The first-order chi connectivity index (χ1) is 5.70.